The van der Waals surface area contributed by atoms with Crippen LogP contribution in [0.15, 0.2) is 37.4 Å². The first-order valence-electron chi connectivity index (χ1n) is 4.13. The number of hydrogen-bond acceptors (Lipinski definition) is 5. The summed E-state index contributed by atoms with van der Waals surface area (Å²) in [7, 11) is 0. The molecule has 2 aromatic rings. The van der Waals surface area contributed by atoms with Crippen molar-refractivity contribution in [2.24, 2.45) is 0 Å². The van der Waals surface area contributed by atoms with Crippen molar-refractivity contribution >= 4 is 39.0 Å². The fraction of sp³-hybridized carbons (Fsp3) is 0.111. The zero-order chi connectivity index (χ0) is 10.7. The fourth-order valence-electron chi connectivity index (χ4n) is 1.03. The van der Waals surface area contributed by atoms with Gasteiger partial charge in [-0.15, -0.1) is 10.2 Å². The molecule has 0 aliphatic heterocycles. The van der Waals surface area contributed by atoms with E-state index in [0.29, 0.717) is 0 Å². The first-order valence-corrected chi connectivity index (χ1v) is 6.62. The SMILES string of the molecule is OCc1ccc(Sc2nncs2)cc1Br. The Hall–Kier alpha value is -0.430. The average Bonchev–Trinajstić information content (AvgIpc) is 2.71. The monoisotopic (exact) mass is 302 g/mol. The van der Waals surface area contributed by atoms with Crippen molar-refractivity contribution in [1.82, 2.24) is 10.2 Å². The van der Waals surface area contributed by atoms with Gasteiger partial charge in [-0.25, -0.2) is 0 Å². The van der Waals surface area contributed by atoms with E-state index in [0.717, 1.165) is 19.3 Å². The largest absolute Gasteiger partial charge is 0.392 e. The van der Waals surface area contributed by atoms with E-state index in [4.69, 9.17) is 5.11 Å². The van der Waals surface area contributed by atoms with Crippen LogP contribution in [0.1, 0.15) is 5.56 Å². The Balaban J connectivity index is 2.20. The van der Waals surface area contributed by atoms with Crippen molar-refractivity contribution in [2.45, 2.75) is 15.8 Å². The molecular weight excluding hydrogens is 296 g/mol. The number of aliphatic hydroxyl groups excluding tert-OH is 1. The molecule has 0 saturated heterocycles. The van der Waals surface area contributed by atoms with Crippen LogP contribution in [0.2, 0.25) is 0 Å². The first kappa shape index (κ1) is 11.1. The van der Waals surface area contributed by atoms with E-state index in [1.54, 1.807) is 17.3 Å². The number of hydrogen-bond donors (Lipinski definition) is 1. The lowest BCUT2D eigenvalue weighted by molar-refractivity contribution is 0.281. The molecule has 2 rings (SSSR count). The second kappa shape index (κ2) is 5.07. The minimum absolute atomic E-state index is 0.0460. The number of aromatic nitrogens is 2. The third kappa shape index (κ3) is 2.78. The normalized spacial score (nSPS) is 10.5. The van der Waals surface area contributed by atoms with Crippen LogP contribution in [0.3, 0.4) is 0 Å². The number of benzene rings is 1. The zero-order valence-corrected chi connectivity index (χ0v) is 10.8. The van der Waals surface area contributed by atoms with Crippen LogP contribution in [0.4, 0.5) is 0 Å². The molecule has 1 N–H and O–H groups in total. The highest BCUT2D eigenvalue weighted by atomic mass is 79.9. The maximum absolute atomic E-state index is 9.01. The number of halogens is 1. The summed E-state index contributed by atoms with van der Waals surface area (Å²) in [6.07, 6.45) is 0. The molecule has 6 heteroatoms. The maximum Gasteiger partial charge on any atom is 0.178 e. The highest BCUT2D eigenvalue weighted by Gasteiger charge is 2.04. The fourth-order valence-corrected chi connectivity index (χ4v) is 3.18. The smallest absolute Gasteiger partial charge is 0.178 e. The highest BCUT2D eigenvalue weighted by Crippen LogP contribution is 2.31. The predicted molar refractivity (Wildman–Crippen MR) is 64.1 cm³/mol. The summed E-state index contributed by atoms with van der Waals surface area (Å²) in [5.41, 5.74) is 2.59. The van der Waals surface area contributed by atoms with E-state index >= 15 is 0 Å². The molecule has 1 aromatic carbocycles. The molecule has 0 unspecified atom stereocenters. The molecule has 3 nitrogen and oxygen atoms in total. The highest BCUT2D eigenvalue weighted by molar-refractivity contribution is 9.10. The number of rotatable bonds is 3. The van der Waals surface area contributed by atoms with Crippen molar-refractivity contribution in [3.63, 3.8) is 0 Å². The van der Waals surface area contributed by atoms with Crippen LogP contribution in [0.5, 0.6) is 0 Å². The molecule has 0 atom stereocenters. The summed E-state index contributed by atoms with van der Waals surface area (Å²) in [4.78, 5) is 1.08. The van der Waals surface area contributed by atoms with Gasteiger partial charge in [0.25, 0.3) is 0 Å². The molecule has 0 amide bonds. The lowest BCUT2D eigenvalue weighted by Crippen LogP contribution is -1.85. The molecule has 0 radical (unpaired) electrons. The minimum Gasteiger partial charge on any atom is -0.392 e. The maximum atomic E-state index is 9.01. The number of aliphatic hydroxyl groups is 1. The Morgan fingerprint density at radius 3 is 2.93 bits per heavy atom. The van der Waals surface area contributed by atoms with Gasteiger partial charge in [0.05, 0.1) is 6.61 Å². The van der Waals surface area contributed by atoms with Gasteiger partial charge >= 0.3 is 0 Å². The quantitative estimate of drug-likeness (QED) is 0.947. The molecule has 0 aliphatic rings. The summed E-state index contributed by atoms with van der Waals surface area (Å²) in [5.74, 6) is 0. The Morgan fingerprint density at radius 1 is 1.47 bits per heavy atom. The van der Waals surface area contributed by atoms with Crippen LogP contribution in [-0.4, -0.2) is 15.3 Å². The molecule has 0 fully saturated rings. The van der Waals surface area contributed by atoms with Crippen molar-refractivity contribution in [1.29, 1.82) is 0 Å². The van der Waals surface area contributed by atoms with E-state index in [9.17, 15) is 0 Å². The molecule has 0 bridgehead atoms. The molecule has 0 aliphatic carbocycles. The molecule has 0 saturated carbocycles. The topological polar surface area (TPSA) is 46.0 Å². The van der Waals surface area contributed by atoms with Crippen LogP contribution >= 0.6 is 39.0 Å². The van der Waals surface area contributed by atoms with Gasteiger partial charge in [0.2, 0.25) is 0 Å². The van der Waals surface area contributed by atoms with Gasteiger partial charge in [0.15, 0.2) is 4.34 Å². The zero-order valence-electron chi connectivity index (χ0n) is 7.55. The molecule has 15 heavy (non-hydrogen) atoms. The van der Waals surface area contributed by atoms with Gasteiger partial charge in [-0.3, -0.25) is 0 Å². The van der Waals surface area contributed by atoms with Crippen LogP contribution in [-0.2, 0) is 6.61 Å². The predicted octanol–water partition coefficient (Wildman–Crippen LogP) is 2.94. The third-order valence-electron chi connectivity index (χ3n) is 1.74. The summed E-state index contributed by atoms with van der Waals surface area (Å²) in [5, 5.41) is 16.7. The molecule has 0 spiro atoms. The molecule has 1 aromatic heterocycles. The van der Waals surface area contributed by atoms with Gasteiger partial charge in [0.1, 0.15) is 5.51 Å². The Bertz CT molecular complexity index is 447. The second-order valence-electron chi connectivity index (χ2n) is 2.72. The molecule has 1 heterocycles. The van der Waals surface area contributed by atoms with E-state index in [1.165, 1.54) is 11.3 Å². The molecule has 78 valence electrons. The summed E-state index contributed by atoms with van der Waals surface area (Å²) < 4.78 is 1.83. The van der Waals surface area contributed by atoms with Crippen LogP contribution in [0.25, 0.3) is 0 Å². The summed E-state index contributed by atoms with van der Waals surface area (Å²) in [6.45, 7) is 0.0460. The van der Waals surface area contributed by atoms with E-state index in [1.807, 2.05) is 18.2 Å². The Labute approximate surface area is 104 Å². The van der Waals surface area contributed by atoms with Crippen molar-refractivity contribution in [3.05, 3.63) is 33.7 Å². The Kier molecular flexibility index (Phi) is 3.74. The van der Waals surface area contributed by atoms with Gasteiger partial charge in [0, 0.05) is 9.37 Å². The van der Waals surface area contributed by atoms with E-state index in [2.05, 4.69) is 26.1 Å². The number of nitrogens with zero attached hydrogens (tertiary/aromatic N) is 2. The van der Waals surface area contributed by atoms with E-state index < -0.39 is 0 Å². The van der Waals surface area contributed by atoms with Gasteiger partial charge in [-0.05, 0) is 17.7 Å². The van der Waals surface area contributed by atoms with Crippen molar-refractivity contribution in [3.8, 4) is 0 Å². The molecular formula is C9H7BrN2OS2. The lowest BCUT2D eigenvalue weighted by atomic mass is 10.2. The minimum atomic E-state index is 0.0460. The van der Waals surface area contributed by atoms with Crippen molar-refractivity contribution in [2.75, 3.05) is 0 Å². The Morgan fingerprint density at radius 2 is 2.33 bits per heavy atom. The van der Waals surface area contributed by atoms with Crippen molar-refractivity contribution < 1.29 is 5.11 Å². The standard InChI is InChI=1S/C9H7BrN2OS2/c10-8-3-7(2-1-6(8)4-13)15-9-12-11-5-14-9/h1-3,5,13H,4H2. The summed E-state index contributed by atoms with van der Waals surface area (Å²) in [6, 6.07) is 5.83. The summed E-state index contributed by atoms with van der Waals surface area (Å²) >= 11 is 6.48. The van der Waals surface area contributed by atoms with Gasteiger partial charge in [-0.1, -0.05) is 45.1 Å². The van der Waals surface area contributed by atoms with Crippen LogP contribution < -0.4 is 0 Å². The second-order valence-corrected chi connectivity index (χ2v) is 5.73. The first-order chi connectivity index (χ1) is 7.29. The average molecular weight is 303 g/mol. The van der Waals surface area contributed by atoms with Crippen LogP contribution in [0, 0.1) is 0 Å². The van der Waals surface area contributed by atoms with Gasteiger partial charge < -0.3 is 5.11 Å². The third-order valence-corrected chi connectivity index (χ3v) is 4.25. The lowest BCUT2D eigenvalue weighted by Gasteiger charge is -2.02. The van der Waals surface area contributed by atoms with Gasteiger partial charge in [-0.2, -0.15) is 0 Å². The van der Waals surface area contributed by atoms with E-state index in [-0.39, 0.29) is 6.61 Å².